The van der Waals surface area contributed by atoms with Crippen molar-refractivity contribution in [1.29, 1.82) is 0 Å². The van der Waals surface area contributed by atoms with Gasteiger partial charge in [-0.1, -0.05) is 0 Å². The Morgan fingerprint density at radius 3 is 2.80 bits per heavy atom. The van der Waals surface area contributed by atoms with Gasteiger partial charge >= 0.3 is 5.97 Å². The average Bonchev–Trinajstić information content (AvgIpc) is 3.18. The number of hydrogen-bond donors (Lipinski definition) is 2. The summed E-state index contributed by atoms with van der Waals surface area (Å²) in [5, 5.41) is 12.7. The number of carboxylic acids is 1. The minimum absolute atomic E-state index is 0.226. The van der Waals surface area contributed by atoms with E-state index in [1.165, 1.54) is 11.3 Å². The van der Waals surface area contributed by atoms with Crippen LogP contribution >= 0.6 is 11.3 Å². The quantitative estimate of drug-likeness (QED) is 0.846. The summed E-state index contributed by atoms with van der Waals surface area (Å²) in [5.74, 6) is -0.344. The van der Waals surface area contributed by atoms with Crippen LogP contribution in [0.4, 0.5) is 0 Å². The van der Waals surface area contributed by atoms with Crippen molar-refractivity contribution in [1.82, 2.24) is 10.3 Å². The van der Waals surface area contributed by atoms with Gasteiger partial charge < -0.3 is 19.6 Å². The third-order valence-corrected chi connectivity index (χ3v) is 5.34. The highest BCUT2D eigenvalue weighted by atomic mass is 32.1. The van der Waals surface area contributed by atoms with E-state index in [1.54, 1.807) is 13.0 Å². The molecule has 1 fully saturated rings. The second-order valence-electron chi connectivity index (χ2n) is 6.11. The van der Waals surface area contributed by atoms with Crippen LogP contribution in [0.25, 0.3) is 10.8 Å². The van der Waals surface area contributed by atoms with Crippen molar-refractivity contribution < 1.29 is 23.8 Å². The van der Waals surface area contributed by atoms with E-state index >= 15 is 0 Å². The minimum Gasteiger partial charge on any atom is -0.480 e. The van der Waals surface area contributed by atoms with Crippen LogP contribution < -0.4 is 5.32 Å². The van der Waals surface area contributed by atoms with Crippen molar-refractivity contribution in [3.63, 3.8) is 0 Å². The van der Waals surface area contributed by atoms with Gasteiger partial charge in [-0.3, -0.25) is 4.79 Å². The molecule has 0 aromatic carbocycles. The van der Waals surface area contributed by atoms with Gasteiger partial charge in [0, 0.05) is 12.5 Å². The lowest BCUT2D eigenvalue weighted by Gasteiger charge is -2.27. The number of furan rings is 1. The van der Waals surface area contributed by atoms with E-state index in [4.69, 9.17) is 9.15 Å². The predicted octanol–water partition coefficient (Wildman–Crippen LogP) is 2.63. The second kappa shape index (κ2) is 7.37. The van der Waals surface area contributed by atoms with Crippen LogP contribution in [0, 0.1) is 19.8 Å². The van der Waals surface area contributed by atoms with E-state index in [2.05, 4.69) is 10.3 Å². The molecule has 25 heavy (non-hydrogen) atoms. The number of nitrogens with zero attached hydrogens (tertiary/aromatic N) is 1. The largest absolute Gasteiger partial charge is 0.480 e. The number of carbonyl (C=O) groups excluding carboxylic acids is 1. The summed E-state index contributed by atoms with van der Waals surface area (Å²) in [7, 11) is 0. The highest BCUT2D eigenvalue weighted by molar-refractivity contribution is 7.17. The molecule has 2 unspecified atom stereocenters. The molecule has 0 aliphatic carbocycles. The van der Waals surface area contributed by atoms with Crippen LogP contribution in [0.5, 0.6) is 0 Å². The molecule has 2 aromatic heterocycles. The number of aliphatic carboxylic acids is 1. The first-order valence-electron chi connectivity index (χ1n) is 8.11. The minimum atomic E-state index is -1.05. The Hall–Kier alpha value is -2.19. The highest BCUT2D eigenvalue weighted by Gasteiger charge is 2.32. The van der Waals surface area contributed by atoms with Crippen LogP contribution in [-0.2, 0) is 9.53 Å². The molecule has 0 saturated carbocycles. The first kappa shape index (κ1) is 17.6. The number of hydrogen-bond acceptors (Lipinski definition) is 6. The predicted molar refractivity (Wildman–Crippen MR) is 91.7 cm³/mol. The van der Waals surface area contributed by atoms with Gasteiger partial charge in [0.15, 0.2) is 10.8 Å². The van der Waals surface area contributed by atoms with Gasteiger partial charge in [0.1, 0.15) is 16.7 Å². The summed E-state index contributed by atoms with van der Waals surface area (Å²) in [6.07, 6.45) is 1.52. The topological polar surface area (TPSA) is 102 Å². The van der Waals surface area contributed by atoms with E-state index in [1.807, 2.05) is 13.0 Å². The molecule has 3 rings (SSSR count). The lowest BCUT2D eigenvalue weighted by molar-refractivity contribution is -0.142. The molecule has 2 N–H and O–H groups in total. The normalized spacial score (nSPS) is 18.7. The Morgan fingerprint density at radius 2 is 2.20 bits per heavy atom. The zero-order valence-electron chi connectivity index (χ0n) is 14.1. The van der Waals surface area contributed by atoms with Crippen molar-refractivity contribution in [2.45, 2.75) is 32.7 Å². The van der Waals surface area contributed by atoms with Crippen molar-refractivity contribution >= 4 is 23.2 Å². The average molecular weight is 364 g/mol. The molecular formula is C17H20N2O5S. The van der Waals surface area contributed by atoms with Crippen LogP contribution in [-0.4, -0.2) is 41.2 Å². The first-order chi connectivity index (χ1) is 12.0. The fraction of sp³-hybridized carbons (Fsp3) is 0.471. The Balaban J connectivity index is 1.77. The molecule has 2 aromatic rings. The molecule has 3 heterocycles. The van der Waals surface area contributed by atoms with Gasteiger partial charge in [0.2, 0.25) is 0 Å². The van der Waals surface area contributed by atoms with Crippen molar-refractivity contribution in [2.24, 2.45) is 5.92 Å². The van der Waals surface area contributed by atoms with Crippen LogP contribution in [0.3, 0.4) is 0 Å². The highest BCUT2D eigenvalue weighted by Crippen LogP contribution is 2.29. The smallest absolute Gasteiger partial charge is 0.326 e. The maximum absolute atomic E-state index is 12.6. The van der Waals surface area contributed by atoms with Gasteiger partial charge in [-0.05, 0) is 38.8 Å². The zero-order chi connectivity index (χ0) is 18.0. The van der Waals surface area contributed by atoms with Gasteiger partial charge in [-0.25, -0.2) is 9.78 Å². The van der Waals surface area contributed by atoms with Crippen molar-refractivity contribution in [2.75, 3.05) is 13.2 Å². The maximum atomic E-state index is 12.6. The van der Waals surface area contributed by atoms with E-state index in [0.29, 0.717) is 34.6 Å². The van der Waals surface area contributed by atoms with E-state index in [-0.39, 0.29) is 5.92 Å². The number of carboxylic acid groups (broad SMARTS) is 1. The second-order valence-corrected chi connectivity index (χ2v) is 7.11. The molecule has 2 atom stereocenters. The van der Waals surface area contributed by atoms with Crippen molar-refractivity contribution in [3.05, 3.63) is 28.5 Å². The SMILES string of the molecule is Cc1ccc(-c2nc(C)c(C(=O)NC(C(=O)O)C3CCCOC3)s2)o1. The Labute approximate surface area is 149 Å². The van der Waals surface area contributed by atoms with E-state index < -0.39 is 17.9 Å². The van der Waals surface area contributed by atoms with E-state index in [0.717, 1.165) is 18.6 Å². The molecule has 134 valence electrons. The summed E-state index contributed by atoms with van der Waals surface area (Å²) in [6, 6.07) is 2.66. The molecular weight excluding hydrogens is 344 g/mol. The summed E-state index contributed by atoms with van der Waals surface area (Å²) in [4.78, 5) is 28.9. The number of amides is 1. The number of aryl methyl sites for hydroxylation is 2. The summed E-state index contributed by atoms with van der Waals surface area (Å²) in [5.41, 5.74) is 0.551. The molecule has 1 amide bonds. The van der Waals surface area contributed by atoms with Crippen LogP contribution in [0.15, 0.2) is 16.5 Å². The lowest BCUT2D eigenvalue weighted by atomic mass is 9.93. The third kappa shape index (κ3) is 3.91. The monoisotopic (exact) mass is 364 g/mol. The number of ether oxygens (including phenoxy) is 1. The molecule has 8 heteroatoms. The Morgan fingerprint density at radius 1 is 1.40 bits per heavy atom. The van der Waals surface area contributed by atoms with Crippen LogP contribution in [0.1, 0.15) is 34.0 Å². The number of thiazole rings is 1. The number of rotatable bonds is 5. The molecule has 1 aliphatic rings. The van der Waals surface area contributed by atoms with Gasteiger partial charge in [-0.2, -0.15) is 0 Å². The molecule has 7 nitrogen and oxygen atoms in total. The van der Waals surface area contributed by atoms with Gasteiger partial charge in [0.25, 0.3) is 5.91 Å². The number of aromatic nitrogens is 1. The van der Waals surface area contributed by atoms with Crippen LogP contribution in [0.2, 0.25) is 0 Å². The first-order valence-corrected chi connectivity index (χ1v) is 8.93. The molecule has 1 aliphatic heterocycles. The molecule has 1 saturated heterocycles. The van der Waals surface area contributed by atoms with E-state index in [9.17, 15) is 14.7 Å². The van der Waals surface area contributed by atoms with Gasteiger partial charge in [0.05, 0.1) is 12.3 Å². The van der Waals surface area contributed by atoms with Gasteiger partial charge in [-0.15, -0.1) is 11.3 Å². The zero-order valence-corrected chi connectivity index (χ0v) is 14.9. The van der Waals surface area contributed by atoms with Crippen molar-refractivity contribution in [3.8, 4) is 10.8 Å². The summed E-state index contributed by atoms with van der Waals surface area (Å²) >= 11 is 1.19. The molecule has 0 radical (unpaired) electrons. The fourth-order valence-corrected chi connectivity index (χ4v) is 3.81. The number of carbonyl (C=O) groups is 2. The Kier molecular flexibility index (Phi) is 5.19. The maximum Gasteiger partial charge on any atom is 0.326 e. The number of nitrogens with one attached hydrogen (secondary N) is 1. The third-order valence-electron chi connectivity index (χ3n) is 4.17. The lowest BCUT2D eigenvalue weighted by Crippen LogP contribution is -2.48. The molecule has 0 bridgehead atoms. The standard InChI is InChI=1S/C17H20N2O5S/c1-9-5-6-12(24-9)16-18-10(2)14(25-16)15(20)19-13(17(21)22)11-4-3-7-23-8-11/h5-6,11,13H,3-4,7-8H2,1-2H3,(H,19,20)(H,21,22). The summed E-state index contributed by atoms with van der Waals surface area (Å²) < 4.78 is 10.9. The fourth-order valence-electron chi connectivity index (χ4n) is 2.88. The Bertz CT molecular complexity index is 776. The summed E-state index contributed by atoms with van der Waals surface area (Å²) in [6.45, 7) is 4.54. The molecule has 0 spiro atoms.